The lowest BCUT2D eigenvalue weighted by atomic mass is 10.3. The maximum atomic E-state index is 11.4. The van der Waals surface area contributed by atoms with Gasteiger partial charge in [-0.15, -0.1) is 0 Å². The van der Waals surface area contributed by atoms with Crippen LogP contribution in [-0.4, -0.2) is 23.6 Å². The van der Waals surface area contributed by atoms with Crippen molar-refractivity contribution >= 4 is 40.8 Å². The number of nitrogen functional groups attached to an aromatic ring is 1. The molecule has 1 aromatic heterocycles. The number of nitrogens with one attached hydrogen (secondary N) is 1. The molecule has 0 aliphatic rings. The van der Waals surface area contributed by atoms with Gasteiger partial charge < -0.3 is 15.8 Å². The van der Waals surface area contributed by atoms with E-state index in [1.165, 1.54) is 6.07 Å². The Labute approximate surface area is 109 Å². The van der Waals surface area contributed by atoms with Crippen LogP contribution in [0.25, 0.3) is 0 Å². The van der Waals surface area contributed by atoms with Gasteiger partial charge in [-0.3, -0.25) is 0 Å². The highest BCUT2D eigenvalue weighted by molar-refractivity contribution is 6.37. The van der Waals surface area contributed by atoms with Crippen molar-refractivity contribution in [1.29, 1.82) is 0 Å². The Morgan fingerprint density at radius 2 is 2.24 bits per heavy atom. The largest absolute Gasteiger partial charge is 0.464 e. The van der Waals surface area contributed by atoms with Crippen molar-refractivity contribution in [3.63, 3.8) is 0 Å². The van der Waals surface area contributed by atoms with E-state index in [1.807, 2.05) is 0 Å². The minimum absolute atomic E-state index is 0.148. The zero-order valence-corrected chi connectivity index (χ0v) is 11.0. The lowest BCUT2D eigenvalue weighted by Crippen LogP contribution is -2.28. The quantitative estimate of drug-likeness (QED) is 0.826. The van der Waals surface area contributed by atoms with Crippen LogP contribution in [0.3, 0.4) is 0 Å². The Kier molecular flexibility index (Phi) is 4.84. The molecule has 17 heavy (non-hydrogen) atoms. The molecule has 94 valence electrons. The fraction of sp³-hybridized carbons (Fsp3) is 0.400. The van der Waals surface area contributed by atoms with Gasteiger partial charge in [0.25, 0.3) is 0 Å². The number of hydrogen-bond acceptors (Lipinski definition) is 5. The summed E-state index contributed by atoms with van der Waals surface area (Å²) in [5.74, 6) is 0.0580. The third-order valence-electron chi connectivity index (χ3n) is 1.95. The van der Waals surface area contributed by atoms with Crippen molar-refractivity contribution < 1.29 is 9.53 Å². The van der Waals surface area contributed by atoms with Crippen molar-refractivity contribution in [2.45, 2.75) is 19.9 Å². The number of pyridine rings is 1. The molecule has 0 saturated carbocycles. The minimum Gasteiger partial charge on any atom is -0.464 e. The summed E-state index contributed by atoms with van der Waals surface area (Å²) < 4.78 is 4.84. The van der Waals surface area contributed by atoms with Gasteiger partial charge in [0.05, 0.1) is 16.7 Å². The first kappa shape index (κ1) is 13.9. The first-order valence-electron chi connectivity index (χ1n) is 5.00. The van der Waals surface area contributed by atoms with E-state index in [4.69, 9.17) is 33.7 Å². The average molecular weight is 278 g/mol. The van der Waals surface area contributed by atoms with Gasteiger partial charge in [0, 0.05) is 0 Å². The van der Waals surface area contributed by atoms with Gasteiger partial charge in [0.15, 0.2) is 0 Å². The van der Waals surface area contributed by atoms with Crippen molar-refractivity contribution in [2.75, 3.05) is 17.7 Å². The number of nitrogens with two attached hydrogens (primary N) is 1. The van der Waals surface area contributed by atoms with Gasteiger partial charge in [0.2, 0.25) is 0 Å². The Bertz CT molecular complexity index is 426. The van der Waals surface area contributed by atoms with Crippen LogP contribution >= 0.6 is 23.2 Å². The first-order valence-corrected chi connectivity index (χ1v) is 5.76. The molecular formula is C10H13Cl2N3O2. The fourth-order valence-corrected chi connectivity index (χ4v) is 1.53. The highest BCUT2D eigenvalue weighted by Crippen LogP contribution is 2.27. The predicted molar refractivity (Wildman–Crippen MR) is 68.4 cm³/mol. The summed E-state index contributed by atoms with van der Waals surface area (Å²) in [7, 11) is 0. The lowest BCUT2D eigenvalue weighted by molar-refractivity contribution is -0.143. The van der Waals surface area contributed by atoms with Gasteiger partial charge >= 0.3 is 5.97 Å². The summed E-state index contributed by atoms with van der Waals surface area (Å²) in [5.41, 5.74) is 5.54. The maximum absolute atomic E-state index is 11.4. The number of aromatic nitrogens is 1. The van der Waals surface area contributed by atoms with Crippen molar-refractivity contribution in [2.24, 2.45) is 0 Å². The standard InChI is InChI=1S/C10H13Cl2N3O2/c1-3-17-10(16)5(2)14-9-7(12)4-6(11)8(13)15-9/h4-5H,3H2,1-2H3,(H3,13,14,15). The molecule has 1 aromatic rings. The highest BCUT2D eigenvalue weighted by atomic mass is 35.5. The summed E-state index contributed by atoms with van der Waals surface area (Å²) >= 11 is 11.7. The van der Waals surface area contributed by atoms with Gasteiger partial charge in [0.1, 0.15) is 17.7 Å². The average Bonchev–Trinajstić information content (AvgIpc) is 2.26. The third-order valence-corrected chi connectivity index (χ3v) is 2.54. The summed E-state index contributed by atoms with van der Waals surface area (Å²) in [6, 6.07) is 0.895. The molecule has 0 saturated heterocycles. The van der Waals surface area contributed by atoms with Crippen LogP contribution in [0, 0.1) is 0 Å². The predicted octanol–water partition coefficient (Wildman–Crippen LogP) is 2.33. The topological polar surface area (TPSA) is 77.2 Å². The van der Waals surface area contributed by atoms with E-state index in [1.54, 1.807) is 13.8 Å². The van der Waals surface area contributed by atoms with Crippen molar-refractivity contribution in [1.82, 2.24) is 4.98 Å². The number of anilines is 2. The smallest absolute Gasteiger partial charge is 0.328 e. The molecule has 1 heterocycles. The van der Waals surface area contributed by atoms with Crippen molar-refractivity contribution in [3.8, 4) is 0 Å². The molecule has 3 N–H and O–H groups in total. The molecule has 0 amide bonds. The Balaban J connectivity index is 2.81. The van der Waals surface area contributed by atoms with E-state index >= 15 is 0 Å². The van der Waals surface area contributed by atoms with Gasteiger partial charge in [-0.25, -0.2) is 9.78 Å². The van der Waals surface area contributed by atoms with Crippen LogP contribution in [0.4, 0.5) is 11.6 Å². The number of ether oxygens (including phenoxy) is 1. The number of hydrogen-bond donors (Lipinski definition) is 2. The third kappa shape index (κ3) is 3.64. The van der Waals surface area contributed by atoms with Crippen LogP contribution in [0.1, 0.15) is 13.8 Å². The summed E-state index contributed by atoms with van der Waals surface area (Å²) in [6.45, 7) is 3.69. The molecule has 0 radical (unpaired) electrons. The van der Waals surface area contributed by atoms with E-state index in [-0.39, 0.29) is 16.8 Å². The van der Waals surface area contributed by atoms with E-state index in [0.29, 0.717) is 17.4 Å². The molecule has 1 atom stereocenters. The van der Waals surface area contributed by atoms with Crippen LogP contribution in [0.15, 0.2) is 6.07 Å². The zero-order chi connectivity index (χ0) is 13.0. The van der Waals surface area contributed by atoms with Crippen LogP contribution in [0.5, 0.6) is 0 Å². The lowest BCUT2D eigenvalue weighted by Gasteiger charge is -2.14. The second kappa shape index (κ2) is 5.93. The number of carbonyl (C=O) groups excluding carboxylic acids is 1. The number of halogens is 2. The molecule has 7 heteroatoms. The van der Waals surface area contributed by atoms with E-state index in [2.05, 4.69) is 10.3 Å². The summed E-state index contributed by atoms with van der Waals surface area (Å²) in [5, 5.41) is 3.37. The molecular weight excluding hydrogens is 265 g/mol. The molecule has 5 nitrogen and oxygen atoms in total. The molecule has 1 rings (SSSR count). The Morgan fingerprint density at radius 3 is 2.82 bits per heavy atom. The van der Waals surface area contributed by atoms with Gasteiger partial charge in [-0.1, -0.05) is 23.2 Å². The number of rotatable bonds is 4. The molecule has 0 spiro atoms. The van der Waals surface area contributed by atoms with Crippen LogP contribution in [0.2, 0.25) is 10.0 Å². The molecule has 1 unspecified atom stereocenters. The summed E-state index contributed by atoms with van der Waals surface area (Å²) in [4.78, 5) is 15.3. The molecule has 0 bridgehead atoms. The van der Waals surface area contributed by atoms with E-state index in [9.17, 15) is 4.79 Å². The van der Waals surface area contributed by atoms with Crippen LogP contribution in [-0.2, 0) is 9.53 Å². The minimum atomic E-state index is -0.569. The fourth-order valence-electron chi connectivity index (χ4n) is 1.11. The normalized spacial score (nSPS) is 12.0. The first-order chi connectivity index (χ1) is 7.95. The molecule has 0 aliphatic heterocycles. The molecule has 0 aromatic carbocycles. The second-order valence-electron chi connectivity index (χ2n) is 3.30. The van der Waals surface area contributed by atoms with E-state index < -0.39 is 6.04 Å². The Morgan fingerprint density at radius 1 is 1.59 bits per heavy atom. The number of esters is 1. The van der Waals surface area contributed by atoms with Crippen molar-refractivity contribution in [3.05, 3.63) is 16.1 Å². The van der Waals surface area contributed by atoms with Gasteiger partial charge in [-0.05, 0) is 19.9 Å². The molecule has 0 aliphatic carbocycles. The maximum Gasteiger partial charge on any atom is 0.328 e. The van der Waals surface area contributed by atoms with Gasteiger partial charge in [-0.2, -0.15) is 0 Å². The Hall–Kier alpha value is -1.20. The number of carbonyl (C=O) groups is 1. The zero-order valence-electron chi connectivity index (χ0n) is 9.46. The molecule has 0 fully saturated rings. The van der Waals surface area contributed by atoms with Crippen LogP contribution < -0.4 is 11.1 Å². The second-order valence-corrected chi connectivity index (χ2v) is 4.12. The SMILES string of the molecule is CCOC(=O)C(C)Nc1nc(N)c(Cl)cc1Cl. The number of nitrogens with zero attached hydrogens (tertiary/aromatic N) is 1. The highest BCUT2D eigenvalue weighted by Gasteiger charge is 2.16. The monoisotopic (exact) mass is 277 g/mol. The summed E-state index contributed by atoms with van der Waals surface area (Å²) in [6.07, 6.45) is 0. The van der Waals surface area contributed by atoms with E-state index in [0.717, 1.165) is 0 Å².